The lowest BCUT2D eigenvalue weighted by molar-refractivity contribution is -0.182. The summed E-state index contributed by atoms with van der Waals surface area (Å²) in [5.74, 6) is -2.43. The molecule has 1 aliphatic heterocycles. The van der Waals surface area contributed by atoms with Crippen molar-refractivity contribution in [1.82, 2.24) is 15.6 Å². The number of aromatic nitrogens is 1. The van der Waals surface area contributed by atoms with Crippen molar-refractivity contribution in [1.29, 1.82) is 0 Å². The van der Waals surface area contributed by atoms with E-state index in [4.69, 9.17) is 32.7 Å². The fraction of sp³-hybridized carbons (Fsp3) is 0.517. The summed E-state index contributed by atoms with van der Waals surface area (Å²) in [7, 11) is 1.42. The number of halogens is 7. The number of hydrogen-bond acceptors (Lipinski definition) is 7. The summed E-state index contributed by atoms with van der Waals surface area (Å²) >= 11 is 13.0. The van der Waals surface area contributed by atoms with E-state index in [0.717, 1.165) is 0 Å². The normalized spacial score (nSPS) is 18.3. The number of pyridine rings is 1. The summed E-state index contributed by atoms with van der Waals surface area (Å²) in [6.07, 6.45) is -7.04. The standard InChI is InChI=1S/C29H32Cl2F5N5O4/c1-28(2,44-3)27(43)37-12-14-4-9-19(30)23(22(14)31)39-21-11-15-10-18(26(41-24(15)40-21)45-13-20(32)33)25(42)38-17-7-5-16(6-8-17)29(34,35)36/h4,9-10,16-17,20H,5-8,11-13H2,1-3H3,(H,37,43)(H,38,42)(H,39,40,41). The van der Waals surface area contributed by atoms with Gasteiger partial charge in [0.2, 0.25) is 5.88 Å². The molecule has 3 N–H and O–H groups in total. The van der Waals surface area contributed by atoms with Crippen molar-refractivity contribution in [2.24, 2.45) is 10.9 Å². The van der Waals surface area contributed by atoms with Crippen LogP contribution in [0.4, 0.5) is 33.5 Å². The molecule has 0 bridgehead atoms. The van der Waals surface area contributed by atoms with Crippen molar-refractivity contribution in [3.05, 3.63) is 44.9 Å². The molecule has 2 aliphatic rings. The van der Waals surface area contributed by atoms with Gasteiger partial charge in [0.1, 0.15) is 17.0 Å². The molecule has 1 saturated carbocycles. The number of amidine groups is 1. The first-order valence-corrected chi connectivity index (χ1v) is 14.8. The Labute approximate surface area is 266 Å². The van der Waals surface area contributed by atoms with Crippen LogP contribution in [0.1, 0.15) is 61.0 Å². The van der Waals surface area contributed by atoms with Gasteiger partial charge in [-0.1, -0.05) is 29.3 Å². The summed E-state index contributed by atoms with van der Waals surface area (Å²) in [5, 5.41) is 8.96. The first kappa shape index (κ1) is 34.6. The second-order valence-electron chi connectivity index (χ2n) is 11.2. The number of amides is 2. The number of nitrogens with one attached hydrogen (secondary N) is 3. The number of ether oxygens (including phenoxy) is 2. The Balaban J connectivity index is 1.50. The number of hydrogen-bond donors (Lipinski definition) is 3. The molecule has 1 aliphatic carbocycles. The van der Waals surface area contributed by atoms with Crippen molar-refractivity contribution >= 4 is 52.4 Å². The maximum atomic E-state index is 13.2. The molecule has 1 aromatic heterocycles. The molecule has 1 aromatic carbocycles. The van der Waals surface area contributed by atoms with Gasteiger partial charge in [0, 0.05) is 31.7 Å². The minimum atomic E-state index is -4.30. The van der Waals surface area contributed by atoms with Gasteiger partial charge in [-0.3, -0.25) is 9.59 Å². The Kier molecular flexibility index (Phi) is 10.8. The maximum Gasteiger partial charge on any atom is 0.391 e. The Hall–Kier alpha value is -3.23. The molecular weight excluding hydrogens is 648 g/mol. The Morgan fingerprint density at radius 1 is 1.11 bits per heavy atom. The van der Waals surface area contributed by atoms with E-state index in [2.05, 4.69) is 25.9 Å². The predicted molar refractivity (Wildman–Crippen MR) is 159 cm³/mol. The summed E-state index contributed by atoms with van der Waals surface area (Å²) < 4.78 is 75.4. The molecule has 0 unspecified atom stereocenters. The van der Waals surface area contributed by atoms with Crippen LogP contribution < -0.4 is 20.7 Å². The van der Waals surface area contributed by atoms with Gasteiger partial charge in [-0.05, 0) is 57.2 Å². The molecule has 9 nitrogen and oxygen atoms in total. The third kappa shape index (κ3) is 8.53. The minimum Gasteiger partial charge on any atom is -0.471 e. The van der Waals surface area contributed by atoms with Gasteiger partial charge in [0.15, 0.2) is 12.4 Å². The molecule has 0 radical (unpaired) electrons. The lowest BCUT2D eigenvalue weighted by Gasteiger charge is -2.30. The largest absolute Gasteiger partial charge is 0.471 e. The summed E-state index contributed by atoms with van der Waals surface area (Å²) in [6, 6.07) is 4.11. The second-order valence-corrected chi connectivity index (χ2v) is 12.0. The third-order valence-electron chi connectivity index (χ3n) is 7.70. The van der Waals surface area contributed by atoms with Gasteiger partial charge in [-0.15, -0.1) is 0 Å². The highest BCUT2D eigenvalue weighted by molar-refractivity contribution is 6.40. The molecule has 2 aromatic rings. The lowest BCUT2D eigenvalue weighted by Crippen LogP contribution is -2.43. The molecule has 45 heavy (non-hydrogen) atoms. The monoisotopic (exact) mass is 679 g/mol. The van der Waals surface area contributed by atoms with Gasteiger partial charge in [0.05, 0.1) is 21.7 Å². The van der Waals surface area contributed by atoms with Crippen LogP contribution in [0.3, 0.4) is 0 Å². The zero-order valence-corrected chi connectivity index (χ0v) is 26.1. The van der Waals surface area contributed by atoms with E-state index in [1.165, 1.54) is 13.2 Å². The molecule has 246 valence electrons. The molecule has 2 amide bonds. The molecule has 0 atom stereocenters. The summed E-state index contributed by atoms with van der Waals surface area (Å²) in [6.45, 7) is 2.27. The number of carbonyl (C=O) groups excluding carboxylic acids is 2. The second kappa shape index (κ2) is 14.0. The van der Waals surface area contributed by atoms with Gasteiger partial charge in [-0.25, -0.2) is 13.8 Å². The molecule has 2 heterocycles. The van der Waals surface area contributed by atoms with Gasteiger partial charge < -0.3 is 25.4 Å². The van der Waals surface area contributed by atoms with Crippen LogP contribution >= 0.6 is 23.2 Å². The first-order chi connectivity index (χ1) is 21.1. The minimum absolute atomic E-state index is 0.0751. The van der Waals surface area contributed by atoms with E-state index in [9.17, 15) is 31.5 Å². The highest BCUT2D eigenvalue weighted by atomic mass is 35.5. The quantitative estimate of drug-likeness (QED) is 0.243. The van der Waals surface area contributed by atoms with Gasteiger partial charge in [-0.2, -0.15) is 18.2 Å². The Morgan fingerprint density at radius 2 is 1.80 bits per heavy atom. The maximum absolute atomic E-state index is 13.2. The number of rotatable bonds is 10. The SMILES string of the molecule is COC(C)(C)C(=O)NCc1ccc(Cl)c(NC2=Nc3nc(OCC(F)F)c(C(=O)NC4CCC(C(F)(F)F)CC4)cc3C2)c1Cl. The number of fused-ring (bicyclic) bond motifs is 1. The molecule has 1 fully saturated rings. The van der Waals surface area contributed by atoms with Crippen LogP contribution in [-0.4, -0.2) is 60.6 Å². The summed E-state index contributed by atoms with van der Waals surface area (Å²) in [4.78, 5) is 34.2. The molecule has 4 rings (SSSR count). The zero-order valence-electron chi connectivity index (χ0n) is 24.6. The number of methoxy groups -OCH3 is 1. The number of anilines is 1. The summed E-state index contributed by atoms with van der Waals surface area (Å²) in [5.41, 5.74) is 0.104. The fourth-order valence-electron chi connectivity index (χ4n) is 4.89. The van der Waals surface area contributed by atoms with Crippen molar-refractivity contribution in [3.63, 3.8) is 0 Å². The van der Waals surface area contributed by atoms with Crippen LogP contribution in [0.2, 0.25) is 10.0 Å². The van der Waals surface area contributed by atoms with Crippen LogP contribution in [-0.2, 0) is 22.5 Å². The molecule has 16 heteroatoms. The number of nitrogens with zero attached hydrogens (tertiary/aromatic N) is 2. The van der Waals surface area contributed by atoms with E-state index in [0.29, 0.717) is 22.6 Å². The first-order valence-electron chi connectivity index (χ1n) is 14.1. The van der Waals surface area contributed by atoms with Crippen molar-refractivity contribution in [2.75, 3.05) is 19.0 Å². The number of carbonyl (C=O) groups is 2. The molecular formula is C29H32Cl2F5N5O4. The van der Waals surface area contributed by atoms with E-state index >= 15 is 0 Å². The molecule has 0 spiro atoms. The van der Waals surface area contributed by atoms with E-state index in [-0.39, 0.29) is 71.9 Å². The highest BCUT2D eigenvalue weighted by Crippen LogP contribution is 2.39. The van der Waals surface area contributed by atoms with Crippen LogP contribution in [0.15, 0.2) is 23.2 Å². The van der Waals surface area contributed by atoms with Crippen LogP contribution in [0.25, 0.3) is 0 Å². The number of benzene rings is 1. The van der Waals surface area contributed by atoms with E-state index in [1.807, 2.05) is 0 Å². The van der Waals surface area contributed by atoms with E-state index < -0.39 is 42.7 Å². The Bertz CT molecular complexity index is 1460. The van der Waals surface area contributed by atoms with Crippen molar-refractivity contribution in [2.45, 2.75) is 76.7 Å². The Morgan fingerprint density at radius 3 is 2.42 bits per heavy atom. The average Bonchev–Trinajstić information content (AvgIpc) is 3.38. The van der Waals surface area contributed by atoms with Gasteiger partial charge in [0.25, 0.3) is 18.2 Å². The topological polar surface area (TPSA) is 114 Å². The van der Waals surface area contributed by atoms with E-state index in [1.54, 1.807) is 26.0 Å². The smallest absolute Gasteiger partial charge is 0.391 e. The predicted octanol–water partition coefficient (Wildman–Crippen LogP) is 6.62. The van der Waals surface area contributed by atoms with Crippen LogP contribution in [0, 0.1) is 5.92 Å². The van der Waals surface area contributed by atoms with Crippen LogP contribution in [0.5, 0.6) is 5.88 Å². The highest BCUT2D eigenvalue weighted by Gasteiger charge is 2.41. The third-order valence-corrected chi connectivity index (χ3v) is 8.44. The number of aliphatic imine (C=N–C) groups is 1. The zero-order chi connectivity index (χ0) is 33.1. The number of alkyl halides is 5. The lowest BCUT2D eigenvalue weighted by atomic mass is 9.85. The molecule has 0 saturated heterocycles. The van der Waals surface area contributed by atoms with Crippen molar-refractivity contribution < 1.29 is 41.0 Å². The van der Waals surface area contributed by atoms with Gasteiger partial charge >= 0.3 is 6.18 Å². The average molecular weight is 681 g/mol. The fourth-order valence-corrected chi connectivity index (χ4v) is 5.42. The van der Waals surface area contributed by atoms with Crippen molar-refractivity contribution in [3.8, 4) is 5.88 Å².